The first kappa shape index (κ1) is 86.9. The Labute approximate surface area is 856 Å². The number of rotatable bonds is 13. The van der Waals surface area contributed by atoms with Gasteiger partial charge in [-0.15, -0.1) is 0 Å². The lowest BCUT2D eigenvalue weighted by Crippen LogP contribution is -2.40. The fourth-order valence-corrected chi connectivity index (χ4v) is 28.8. The Kier molecular flexibility index (Phi) is 19.2. The van der Waals surface area contributed by atoms with E-state index < -0.39 is 16.2 Å². The Morgan fingerprint density at radius 3 is 0.849 bits per heavy atom. The molecule has 1 unspecified atom stereocenters. The van der Waals surface area contributed by atoms with Gasteiger partial charge in [-0.05, 0) is 277 Å². The van der Waals surface area contributed by atoms with Gasteiger partial charge in [0.25, 0.3) is 0 Å². The molecule has 4 nitrogen and oxygen atoms in total. The molecule has 4 aliphatic heterocycles. The average Bonchev–Trinajstić information content (AvgIpc) is 0.732. The molecule has 6 aliphatic rings. The maximum absolute atomic E-state index is 2.76. The summed E-state index contributed by atoms with van der Waals surface area (Å²) in [5.41, 5.74) is 46.9. The van der Waals surface area contributed by atoms with Crippen molar-refractivity contribution < 1.29 is 0 Å². The molecule has 0 amide bonds. The Balaban J connectivity index is 0.672. The maximum Gasteiger partial charge on any atom is 0.0748 e. The molecule has 0 saturated carbocycles. The quantitative estimate of drug-likeness (QED) is 0.107. The minimum atomic E-state index is -0.865. The van der Waals surface area contributed by atoms with Crippen LogP contribution in [0.25, 0.3) is 132 Å². The van der Waals surface area contributed by atoms with E-state index in [0.717, 1.165) is 6.42 Å². The summed E-state index contributed by atoms with van der Waals surface area (Å²) in [4.78, 5) is 10.1. The molecule has 28 rings (SSSR count). The first-order valence-corrected chi connectivity index (χ1v) is 52.0. The predicted octanol–water partition coefficient (Wildman–Crippen LogP) is 36.1. The van der Waals surface area contributed by atoms with Gasteiger partial charge < -0.3 is 19.6 Å². The zero-order chi connectivity index (χ0) is 98.2. The van der Waals surface area contributed by atoms with Crippen LogP contribution >= 0.6 is 0 Å². The van der Waals surface area contributed by atoms with E-state index >= 15 is 0 Å². The zero-order valence-corrected chi connectivity index (χ0v) is 84.1. The summed E-state index contributed by atoms with van der Waals surface area (Å²) < 4.78 is 0. The standard InChI is InChI=1S/C142H110N4/c1-137(2)113-69-25-23-53-105(113)131-107(67-39-75-119(131)137)129-99-61-37-57-95(103-65-43-83-127-135(103)141(89-45-15-11-16-46-89,90-47-17-12-18-48-90)117-73-29-33-79-123(117)145(127)10)111(99)88-112-96(58-38-62-100(112)129)104-66-44-84-128-136(104)142(91-49-19-13-20-50-91,92-51-21-14-22-52-92)118-74-30-34-80-124(118)146(128)86-85-140(7)114-70-26-24-54-106(114)132-108(68-40-76-120(132)140)130-97-59-35-55-93(101-63-41-81-125-133(101)138(3,4)115-71-27-31-77-121(115)143(125)8)109(97)87-110-94(56-36-60-98(110)130)102-64-42-82-126-134(102)139(5,6)116-72-28-32-78-122(116)144(126)9/h11-84,87-88H,85-86H2,1-10H3. The molecule has 0 radical (unpaired) electrons. The van der Waals surface area contributed by atoms with Gasteiger partial charge in [-0.3, -0.25) is 0 Å². The molecule has 2 aliphatic carbocycles. The van der Waals surface area contributed by atoms with Crippen LogP contribution in [-0.4, -0.2) is 27.7 Å². The Morgan fingerprint density at radius 2 is 0.432 bits per heavy atom. The van der Waals surface area contributed by atoms with Crippen molar-refractivity contribution in [2.75, 3.05) is 47.3 Å². The second kappa shape index (κ2) is 32.3. The van der Waals surface area contributed by atoms with Crippen molar-refractivity contribution in [3.63, 3.8) is 0 Å². The van der Waals surface area contributed by atoms with Gasteiger partial charge in [-0.25, -0.2) is 0 Å². The summed E-state index contributed by atoms with van der Waals surface area (Å²) in [6.07, 6.45) is 0.778. The van der Waals surface area contributed by atoms with Crippen LogP contribution < -0.4 is 19.6 Å². The molecule has 0 N–H and O–H groups in total. The molecule has 0 spiro atoms. The van der Waals surface area contributed by atoms with Crippen molar-refractivity contribution in [2.24, 2.45) is 0 Å². The molecule has 0 saturated heterocycles. The number of fused-ring (bicyclic) bond motifs is 18. The van der Waals surface area contributed by atoms with Crippen molar-refractivity contribution in [3.8, 4) is 89.0 Å². The van der Waals surface area contributed by atoms with E-state index in [1.54, 1.807) is 0 Å². The number of para-hydroxylation sites is 4. The van der Waals surface area contributed by atoms with Crippen LogP contribution in [0.15, 0.2) is 461 Å². The van der Waals surface area contributed by atoms with Gasteiger partial charge in [-0.1, -0.05) is 449 Å². The highest BCUT2D eigenvalue weighted by Gasteiger charge is 2.52. The van der Waals surface area contributed by atoms with Gasteiger partial charge in [0.1, 0.15) is 0 Å². The third-order valence-corrected chi connectivity index (χ3v) is 35.2. The highest BCUT2D eigenvalue weighted by molar-refractivity contribution is 6.24. The molecule has 146 heavy (non-hydrogen) atoms. The summed E-state index contributed by atoms with van der Waals surface area (Å²) >= 11 is 0. The topological polar surface area (TPSA) is 13.0 Å². The molecule has 698 valence electrons. The molecule has 4 heteroatoms. The maximum atomic E-state index is 2.76. The number of hydrogen-bond acceptors (Lipinski definition) is 4. The lowest BCUT2D eigenvalue weighted by atomic mass is 9.60. The Hall–Kier alpha value is -16.9. The minimum absolute atomic E-state index is 0.262. The van der Waals surface area contributed by atoms with Crippen LogP contribution in [0.3, 0.4) is 0 Å². The normalized spacial score (nSPS) is 16.0. The van der Waals surface area contributed by atoms with Crippen LogP contribution in [0.5, 0.6) is 0 Å². The number of nitrogens with zero attached hydrogens (tertiary/aromatic N) is 4. The largest absolute Gasteiger partial charge is 0.344 e. The Morgan fingerprint density at radius 1 is 0.171 bits per heavy atom. The van der Waals surface area contributed by atoms with Crippen molar-refractivity contribution >= 4 is 88.6 Å². The Bertz CT molecular complexity index is 8990. The van der Waals surface area contributed by atoms with Gasteiger partial charge in [0.05, 0.1) is 10.8 Å². The first-order chi connectivity index (χ1) is 71.4. The van der Waals surface area contributed by atoms with E-state index in [1.165, 1.54) is 267 Å². The molecule has 0 fully saturated rings. The van der Waals surface area contributed by atoms with Crippen molar-refractivity contribution in [2.45, 2.75) is 87.4 Å². The van der Waals surface area contributed by atoms with Gasteiger partial charge in [-0.2, -0.15) is 0 Å². The van der Waals surface area contributed by atoms with Crippen LogP contribution in [0, 0.1) is 0 Å². The number of benzene rings is 22. The zero-order valence-electron chi connectivity index (χ0n) is 84.1. The van der Waals surface area contributed by atoms with Gasteiger partial charge in [0, 0.05) is 106 Å². The summed E-state index contributed by atoms with van der Waals surface area (Å²) in [7, 11) is 6.78. The molecule has 22 aromatic carbocycles. The average molecular weight is 1870 g/mol. The highest BCUT2D eigenvalue weighted by atomic mass is 15.2. The summed E-state index contributed by atoms with van der Waals surface area (Å²) in [5, 5.41) is 9.68. The lowest BCUT2D eigenvalue weighted by Gasteiger charge is -2.48. The molecule has 1 atom stereocenters. The fourth-order valence-electron chi connectivity index (χ4n) is 28.8. The minimum Gasteiger partial charge on any atom is -0.344 e. The SMILES string of the molecule is CN1c2ccccc2C(C)(C)c2c(-c3cccc4c(-c5cccc6c5-c5ccccc5C6(C)CCN5c6ccccc6C(c6ccccc6)(c6ccccc6)c6c(-c7cccc8c(-c9cccc%10c9-c9ccccc9C%10(C)C)c9cccc(-c%10cccc%11c%10C(c%10ccccc%10)(c%10ccccc%10)c%10ccccc%10N%11C)c9cc78)cccc65)c5cccc(-c6cccc7c6C(C)(C)c6ccccc6N7C)c5cc34)cccc21. The van der Waals surface area contributed by atoms with Gasteiger partial charge >= 0.3 is 0 Å². The molecule has 0 aromatic heterocycles. The second-order valence-corrected chi connectivity index (χ2v) is 43.3. The third-order valence-electron chi connectivity index (χ3n) is 35.2. The highest BCUT2D eigenvalue weighted by Crippen LogP contribution is 2.66. The van der Waals surface area contributed by atoms with Gasteiger partial charge in [0.2, 0.25) is 0 Å². The molecule has 22 aromatic rings. The summed E-state index contributed by atoms with van der Waals surface area (Å²) in [6, 6.07) is 178. The van der Waals surface area contributed by atoms with Crippen molar-refractivity contribution in [3.05, 3.63) is 550 Å². The van der Waals surface area contributed by atoms with Gasteiger partial charge in [0.15, 0.2) is 0 Å². The van der Waals surface area contributed by atoms with Crippen LogP contribution in [0.2, 0.25) is 0 Å². The monoisotopic (exact) mass is 1870 g/mol. The van der Waals surface area contributed by atoms with E-state index in [2.05, 4.69) is 550 Å². The van der Waals surface area contributed by atoms with Crippen molar-refractivity contribution in [1.82, 2.24) is 0 Å². The van der Waals surface area contributed by atoms with E-state index in [4.69, 9.17) is 0 Å². The molecular weight excluding hydrogens is 1760 g/mol. The molecule has 0 bridgehead atoms. The van der Waals surface area contributed by atoms with Crippen LogP contribution in [0.1, 0.15) is 144 Å². The van der Waals surface area contributed by atoms with E-state index in [9.17, 15) is 0 Å². The van der Waals surface area contributed by atoms with E-state index in [-0.39, 0.29) is 16.2 Å². The summed E-state index contributed by atoms with van der Waals surface area (Å²) in [5.74, 6) is 0. The summed E-state index contributed by atoms with van der Waals surface area (Å²) in [6.45, 7) is 17.9. The first-order valence-electron chi connectivity index (χ1n) is 52.0. The second-order valence-electron chi connectivity index (χ2n) is 43.3. The number of anilines is 8. The lowest BCUT2D eigenvalue weighted by molar-refractivity contribution is 0.534. The third kappa shape index (κ3) is 12.0. The fraction of sp³-hybridized carbons (Fsp3) is 0.127. The van der Waals surface area contributed by atoms with E-state index in [1.807, 2.05) is 0 Å². The molecular formula is C142H110N4. The smallest absolute Gasteiger partial charge is 0.0748 e. The van der Waals surface area contributed by atoms with E-state index in [0.29, 0.717) is 6.54 Å². The van der Waals surface area contributed by atoms with Crippen molar-refractivity contribution in [1.29, 1.82) is 0 Å². The van der Waals surface area contributed by atoms with Crippen LogP contribution in [0.4, 0.5) is 45.5 Å². The molecule has 4 heterocycles. The van der Waals surface area contributed by atoms with Crippen LogP contribution in [-0.2, 0) is 32.5 Å². The number of hydrogen-bond donors (Lipinski definition) is 0. The predicted molar refractivity (Wildman–Crippen MR) is 615 cm³/mol.